The molecule has 136 valence electrons. The molecule has 0 radical (unpaired) electrons. The second-order valence-electron chi connectivity index (χ2n) is 5.45. The van der Waals surface area contributed by atoms with Crippen LogP contribution in [0, 0.1) is 20.2 Å². The van der Waals surface area contributed by atoms with Crippen LogP contribution in [-0.4, -0.2) is 26.9 Å². The monoisotopic (exact) mass is 360 g/mol. The number of benzene rings is 1. The molecule has 1 aromatic heterocycles. The lowest BCUT2D eigenvalue weighted by Crippen LogP contribution is -2.25. The number of aryl methyl sites for hydroxylation is 1. The zero-order valence-corrected chi connectivity index (χ0v) is 13.7. The van der Waals surface area contributed by atoms with Gasteiger partial charge in [0, 0.05) is 42.9 Å². The molecule has 1 N–H and O–H groups in total. The molecule has 0 saturated heterocycles. The van der Waals surface area contributed by atoms with Gasteiger partial charge in [-0.05, 0) is 18.9 Å². The fourth-order valence-electron chi connectivity index (χ4n) is 2.27. The number of hydrogen-bond donors (Lipinski definition) is 1. The maximum Gasteiger partial charge on any atom is 0.285 e. The molecule has 0 spiro atoms. The summed E-state index contributed by atoms with van der Waals surface area (Å²) >= 11 is 0. The summed E-state index contributed by atoms with van der Waals surface area (Å²) in [5.74, 6) is -0.429. The Morgan fingerprint density at radius 3 is 2.46 bits per heavy atom. The van der Waals surface area contributed by atoms with Crippen molar-refractivity contribution in [3.05, 3.63) is 78.7 Å². The van der Waals surface area contributed by atoms with Crippen molar-refractivity contribution < 1.29 is 14.6 Å². The zero-order chi connectivity index (χ0) is 19.1. The van der Waals surface area contributed by atoms with Gasteiger partial charge in [0.05, 0.1) is 16.0 Å². The standard InChI is InChI=1S/C16H16N4O6/c21-15-7-6-14(20(25)26)11-18(15)9-2-1-8-17-16(22)12-4-3-5-13(10-12)19(23)24/h3-7,10-11H,1-2,8-9H2,(H,17,22). The molecule has 1 heterocycles. The van der Waals surface area contributed by atoms with E-state index in [2.05, 4.69) is 5.32 Å². The minimum atomic E-state index is -0.576. The molecule has 10 heteroatoms. The molecule has 0 unspecified atom stereocenters. The Morgan fingerprint density at radius 1 is 1.04 bits per heavy atom. The maximum absolute atomic E-state index is 12.0. The highest BCUT2D eigenvalue weighted by molar-refractivity contribution is 5.94. The summed E-state index contributed by atoms with van der Waals surface area (Å²) in [6, 6.07) is 7.69. The molecular formula is C16H16N4O6. The van der Waals surface area contributed by atoms with Gasteiger partial charge >= 0.3 is 0 Å². The molecule has 0 aliphatic heterocycles. The summed E-state index contributed by atoms with van der Waals surface area (Å²) in [7, 11) is 0. The number of nitrogens with zero attached hydrogens (tertiary/aromatic N) is 3. The molecule has 0 aliphatic carbocycles. The van der Waals surface area contributed by atoms with Crippen molar-refractivity contribution in [3.8, 4) is 0 Å². The van der Waals surface area contributed by atoms with Crippen molar-refractivity contribution in [2.45, 2.75) is 19.4 Å². The number of unbranched alkanes of at least 4 members (excludes halogenated alkanes) is 1. The molecule has 0 atom stereocenters. The van der Waals surface area contributed by atoms with Crippen molar-refractivity contribution in [1.29, 1.82) is 0 Å². The summed E-state index contributed by atoms with van der Waals surface area (Å²) in [5.41, 5.74) is -0.475. The van der Waals surface area contributed by atoms with Crippen LogP contribution < -0.4 is 10.9 Å². The lowest BCUT2D eigenvalue weighted by molar-refractivity contribution is -0.385. The fraction of sp³-hybridized carbons (Fsp3) is 0.250. The van der Waals surface area contributed by atoms with Gasteiger partial charge in [-0.3, -0.25) is 29.8 Å². The third-order valence-electron chi connectivity index (χ3n) is 3.61. The van der Waals surface area contributed by atoms with Gasteiger partial charge in [-0.25, -0.2) is 0 Å². The number of pyridine rings is 1. The Kier molecular flexibility index (Phi) is 6.15. The number of non-ortho nitro benzene ring substituents is 1. The van der Waals surface area contributed by atoms with Crippen molar-refractivity contribution in [3.63, 3.8) is 0 Å². The van der Waals surface area contributed by atoms with Gasteiger partial charge in [0.15, 0.2) is 0 Å². The van der Waals surface area contributed by atoms with E-state index in [-0.39, 0.29) is 29.0 Å². The van der Waals surface area contributed by atoms with Crippen LogP contribution in [0.2, 0.25) is 0 Å². The number of amides is 1. The third kappa shape index (κ3) is 4.97. The minimum absolute atomic E-state index is 0.163. The number of rotatable bonds is 8. The molecule has 10 nitrogen and oxygen atoms in total. The Labute approximate surface area is 147 Å². The quantitative estimate of drug-likeness (QED) is 0.433. The van der Waals surface area contributed by atoms with Crippen LogP contribution in [0.5, 0.6) is 0 Å². The first-order valence-electron chi connectivity index (χ1n) is 7.76. The van der Waals surface area contributed by atoms with Gasteiger partial charge in [-0.2, -0.15) is 0 Å². The van der Waals surface area contributed by atoms with Crippen LogP contribution in [0.4, 0.5) is 11.4 Å². The first-order valence-corrected chi connectivity index (χ1v) is 7.76. The number of hydrogen-bond acceptors (Lipinski definition) is 6. The number of aromatic nitrogens is 1. The first-order chi connectivity index (χ1) is 12.4. The fourth-order valence-corrected chi connectivity index (χ4v) is 2.27. The third-order valence-corrected chi connectivity index (χ3v) is 3.61. The first kappa shape index (κ1) is 18.8. The van der Waals surface area contributed by atoms with E-state index in [1.165, 1.54) is 35.0 Å². The van der Waals surface area contributed by atoms with Gasteiger partial charge in [0.1, 0.15) is 0 Å². The molecule has 0 saturated carbocycles. The number of nitro benzene ring substituents is 1. The molecule has 0 fully saturated rings. The normalized spacial score (nSPS) is 10.3. The van der Waals surface area contributed by atoms with E-state index < -0.39 is 15.8 Å². The SMILES string of the molecule is O=C(NCCCCn1cc([N+](=O)[O-])ccc1=O)c1cccc([N+](=O)[O-])c1. The van der Waals surface area contributed by atoms with Gasteiger partial charge in [0.25, 0.3) is 22.8 Å². The van der Waals surface area contributed by atoms with E-state index in [0.717, 1.165) is 12.1 Å². The Bertz CT molecular complexity index is 892. The lowest BCUT2D eigenvalue weighted by atomic mass is 10.2. The van der Waals surface area contributed by atoms with Crippen LogP contribution in [0.1, 0.15) is 23.2 Å². The van der Waals surface area contributed by atoms with Crippen molar-refractivity contribution in [1.82, 2.24) is 9.88 Å². The summed E-state index contributed by atoms with van der Waals surface area (Å²) in [6.45, 7) is 0.596. The van der Waals surface area contributed by atoms with Gasteiger partial charge < -0.3 is 9.88 Å². The van der Waals surface area contributed by atoms with Crippen LogP contribution in [0.15, 0.2) is 47.4 Å². The highest BCUT2D eigenvalue weighted by atomic mass is 16.6. The molecule has 2 rings (SSSR count). The van der Waals surface area contributed by atoms with Crippen molar-refractivity contribution >= 4 is 17.3 Å². The Balaban J connectivity index is 1.82. The number of nitrogens with one attached hydrogen (secondary N) is 1. The van der Waals surface area contributed by atoms with E-state index in [9.17, 15) is 29.8 Å². The van der Waals surface area contributed by atoms with Gasteiger partial charge in [0.2, 0.25) is 0 Å². The molecule has 2 aromatic rings. The summed E-state index contributed by atoms with van der Waals surface area (Å²) < 4.78 is 1.25. The van der Waals surface area contributed by atoms with E-state index in [0.29, 0.717) is 19.4 Å². The van der Waals surface area contributed by atoms with Gasteiger partial charge in [-0.15, -0.1) is 0 Å². The zero-order valence-electron chi connectivity index (χ0n) is 13.7. The summed E-state index contributed by atoms with van der Waals surface area (Å²) in [6.07, 6.45) is 2.25. The second-order valence-corrected chi connectivity index (χ2v) is 5.45. The van der Waals surface area contributed by atoms with Crippen LogP contribution >= 0.6 is 0 Å². The van der Waals surface area contributed by atoms with E-state index in [1.807, 2.05) is 0 Å². The molecular weight excluding hydrogens is 344 g/mol. The molecule has 1 amide bonds. The van der Waals surface area contributed by atoms with E-state index >= 15 is 0 Å². The second kappa shape index (κ2) is 8.51. The number of nitro groups is 2. The molecule has 0 bridgehead atoms. The largest absolute Gasteiger partial charge is 0.352 e. The average Bonchev–Trinajstić information content (AvgIpc) is 2.62. The van der Waals surface area contributed by atoms with Gasteiger partial charge in [-0.1, -0.05) is 6.07 Å². The Hall–Kier alpha value is -3.56. The maximum atomic E-state index is 12.0. The highest BCUT2D eigenvalue weighted by Crippen LogP contribution is 2.13. The average molecular weight is 360 g/mol. The molecule has 26 heavy (non-hydrogen) atoms. The lowest BCUT2D eigenvalue weighted by Gasteiger charge is -2.07. The van der Waals surface area contributed by atoms with Crippen molar-refractivity contribution in [2.75, 3.05) is 6.54 Å². The number of carbonyl (C=O) groups excluding carboxylic acids is 1. The van der Waals surface area contributed by atoms with Crippen LogP contribution in [0.25, 0.3) is 0 Å². The van der Waals surface area contributed by atoms with E-state index in [4.69, 9.17) is 0 Å². The van der Waals surface area contributed by atoms with Crippen LogP contribution in [0.3, 0.4) is 0 Å². The predicted octanol–water partition coefficient (Wildman–Crippen LogP) is 1.87. The minimum Gasteiger partial charge on any atom is -0.352 e. The molecule has 0 aliphatic rings. The Morgan fingerprint density at radius 2 is 1.77 bits per heavy atom. The molecule has 1 aromatic carbocycles. The summed E-state index contributed by atoms with van der Waals surface area (Å²) in [5, 5.41) is 24.1. The predicted molar refractivity (Wildman–Crippen MR) is 92.0 cm³/mol. The highest BCUT2D eigenvalue weighted by Gasteiger charge is 2.11. The topological polar surface area (TPSA) is 137 Å². The smallest absolute Gasteiger partial charge is 0.285 e. The van der Waals surface area contributed by atoms with Crippen LogP contribution in [-0.2, 0) is 6.54 Å². The summed E-state index contributed by atoms with van der Waals surface area (Å²) in [4.78, 5) is 43.9. The van der Waals surface area contributed by atoms with E-state index in [1.54, 1.807) is 0 Å². The van der Waals surface area contributed by atoms with Crippen molar-refractivity contribution in [2.24, 2.45) is 0 Å². The number of carbonyl (C=O) groups is 1.